The molecular weight excluding hydrogens is 638 g/mol. The number of nitrogens with two attached hydrogens (primary N) is 1. The summed E-state index contributed by atoms with van der Waals surface area (Å²) < 4.78 is 48.4. The van der Waals surface area contributed by atoms with E-state index in [1.54, 1.807) is 49.9 Å². The van der Waals surface area contributed by atoms with Crippen LogP contribution in [0.25, 0.3) is 16.6 Å². The molecule has 5 rings (SSSR count). The first-order chi connectivity index (χ1) is 22.3. The van der Waals surface area contributed by atoms with Crippen LogP contribution in [0.4, 0.5) is 8.78 Å². The zero-order valence-corrected chi connectivity index (χ0v) is 27.0. The summed E-state index contributed by atoms with van der Waals surface area (Å²) in [6.07, 6.45) is 0.337. The third kappa shape index (κ3) is 6.89. The first-order valence-electron chi connectivity index (χ1n) is 14.7. The number of amides is 1. The van der Waals surface area contributed by atoms with Gasteiger partial charge in [0.15, 0.2) is 23.5 Å². The number of aromatic nitrogens is 3. The minimum absolute atomic E-state index is 0.0159. The maximum Gasteiger partial charge on any atom is 0.305 e. The molecule has 15 heteroatoms. The van der Waals surface area contributed by atoms with E-state index in [2.05, 4.69) is 10.1 Å². The van der Waals surface area contributed by atoms with Crippen molar-refractivity contribution in [3.63, 3.8) is 0 Å². The number of hydrogen-bond acceptors (Lipinski definition) is 10. The average molecular weight is 671 g/mol. The van der Waals surface area contributed by atoms with E-state index in [0.717, 1.165) is 6.20 Å². The van der Waals surface area contributed by atoms with Crippen LogP contribution in [0.1, 0.15) is 50.6 Å². The Kier molecular flexibility index (Phi) is 9.75. The standard InChI is InChI=1S/C32H33ClF2N6O6/c1-6-21-24(35)11-23(17(3)39-15-28(45-18(4)42)40(14-27(36)44)32(39)46-19(5)43)31(29(21)33)47-26-9-7-8-22-25(10-16(2)38-30(22)26)41-13-20(34)12-37-41/h7-13,17,28,32H,6,14-15H2,1-5H3,(H2,36,44)/t17?,28?,32-/m0/s1. The normalized spacial score (nSPS) is 17.5. The molecular formula is C32H33ClF2N6O6. The van der Waals surface area contributed by atoms with E-state index in [1.165, 1.54) is 35.7 Å². The summed E-state index contributed by atoms with van der Waals surface area (Å²) in [4.78, 5) is 43.8. The van der Waals surface area contributed by atoms with Gasteiger partial charge in [0.25, 0.3) is 0 Å². The van der Waals surface area contributed by atoms with Crippen molar-refractivity contribution in [3.05, 3.63) is 76.2 Å². The van der Waals surface area contributed by atoms with Crippen LogP contribution in [-0.4, -0.2) is 68.1 Å². The Bertz CT molecular complexity index is 1870. The zero-order valence-electron chi connectivity index (χ0n) is 26.3. The summed E-state index contributed by atoms with van der Waals surface area (Å²) in [5.74, 6) is -2.79. The minimum Gasteiger partial charge on any atom is -0.453 e. The van der Waals surface area contributed by atoms with Crippen molar-refractivity contribution in [3.8, 4) is 17.2 Å². The maximum absolute atomic E-state index is 15.6. The third-order valence-corrected chi connectivity index (χ3v) is 8.13. The Labute approximate surface area is 273 Å². The number of para-hydroxylation sites is 1. The molecule has 1 aliphatic rings. The van der Waals surface area contributed by atoms with Gasteiger partial charge in [-0.15, -0.1) is 0 Å². The zero-order chi connectivity index (χ0) is 34.2. The lowest BCUT2D eigenvalue weighted by Crippen LogP contribution is -2.48. The Morgan fingerprint density at radius 1 is 1.15 bits per heavy atom. The third-order valence-electron chi connectivity index (χ3n) is 7.73. The summed E-state index contributed by atoms with van der Waals surface area (Å²) in [5, 5.41) is 4.71. The predicted molar refractivity (Wildman–Crippen MR) is 167 cm³/mol. The molecule has 1 amide bonds. The van der Waals surface area contributed by atoms with Crippen LogP contribution in [0.5, 0.6) is 11.5 Å². The van der Waals surface area contributed by atoms with Crippen LogP contribution in [0.15, 0.2) is 42.7 Å². The second kappa shape index (κ2) is 13.6. The number of rotatable bonds is 10. The number of halogens is 3. The molecule has 0 saturated carbocycles. The highest BCUT2D eigenvalue weighted by atomic mass is 35.5. The lowest BCUT2D eigenvalue weighted by Gasteiger charge is -2.33. The molecule has 12 nitrogen and oxygen atoms in total. The monoisotopic (exact) mass is 670 g/mol. The topological polar surface area (TPSA) is 142 Å². The van der Waals surface area contributed by atoms with Crippen molar-refractivity contribution < 1.29 is 37.4 Å². The van der Waals surface area contributed by atoms with Crippen molar-refractivity contribution in [2.45, 2.75) is 59.7 Å². The second-order valence-electron chi connectivity index (χ2n) is 11.1. The lowest BCUT2D eigenvalue weighted by atomic mass is 10.0. The van der Waals surface area contributed by atoms with E-state index < -0.39 is 54.6 Å². The van der Waals surface area contributed by atoms with Gasteiger partial charge in [0.2, 0.25) is 12.3 Å². The van der Waals surface area contributed by atoms with Gasteiger partial charge in [-0.25, -0.2) is 28.2 Å². The van der Waals surface area contributed by atoms with Crippen LogP contribution >= 0.6 is 11.6 Å². The molecule has 2 unspecified atom stereocenters. The molecule has 3 atom stereocenters. The van der Waals surface area contributed by atoms with Crippen molar-refractivity contribution in [2.24, 2.45) is 5.73 Å². The van der Waals surface area contributed by atoms with Crippen molar-refractivity contribution in [1.82, 2.24) is 24.6 Å². The number of ether oxygens (including phenoxy) is 3. The molecule has 248 valence electrons. The number of fused-ring (bicyclic) bond motifs is 1. The number of carbonyl (C=O) groups is 3. The fraction of sp³-hybridized carbons (Fsp3) is 0.344. The summed E-state index contributed by atoms with van der Waals surface area (Å²) >= 11 is 6.86. The summed E-state index contributed by atoms with van der Waals surface area (Å²) in [7, 11) is 0. The summed E-state index contributed by atoms with van der Waals surface area (Å²) in [6.45, 7) is 7.16. The van der Waals surface area contributed by atoms with Crippen molar-refractivity contribution >= 4 is 40.3 Å². The van der Waals surface area contributed by atoms with Gasteiger partial charge in [0.1, 0.15) is 11.3 Å². The smallest absolute Gasteiger partial charge is 0.305 e. The number of primary amides is 1. The van der Waals surface area contributed by atoms with E-state index in [0.29, 0.717) is 22.3 Å². The van der Waals surface area contributed by atoms with Gasteiger partial charge in [-0.3, -0.25) is 14.4 Å². The van der Waals surface area contributed by atoms with Crippen LogP contribution in [0.2, 0.25) is 5.02 Å². The van der Waals surface area contributed by atoms with E-state index in [-0.39, 0.29) is 40.6 Å². The maximum atomic E-state index is 15.6. The van der Waals surface area contributed by atoms with E-state index in [9.17, 15) is 18.8 Å². The second-order valence-corrected chi connectivity index (χ2v) is 11.5. The molecule has 47 heavy (non-hydrogen) atoms. The minimum atomic E-state index is -1.22. The van der Waals surface area contributed by atoms with Gasteiger partial charge in [-0.2, -0.15) is 5.10 Å². The van der Waals surface area contributed by atoms with Gasteiger partial charge >= 0.3 is 11.9 Å². The van der Waals surface area contributed by atoms with E-state index in [4.69, 9.17) is 31.5 Å². The van der Waals surface area contributed by atoms with Gasteiger partial charge in [0.05, 0.1) is 36.2 Å². The SMILES string of the molecule is CCc1c(F)cc(C(C)N2CC(OC(C)=O)N(CC(N)=O)[C@H]2OC(C)=O)c(Oc2cccc3c(-n4cc(F)cn4)cc(C)nc23)c1Cl. The molecule has 4 aromatic rings. The number of carbonyl (C=O) groups excluding carboxylic acids is 3. The van der Waals surface area contributed by atoms with Crippen molar-refractivity contribution in [1.29, 1.82) is 0 Å². The molecule has 1 saturated heterocycles. The molecule has 1 aliphatic heterocycles. The molecule has 3 heterocycles. The van der Waals surface area contributed by atoms with Crippen LogP contribution in [0, 0.1) is 18.6 Å². The average Bonchev–Trinajstić information content (AvgIpc) is 3.56. The number of hydrogen-bond donors (Lipinski definition) is 1. The Morgan fingerprint density at radius 2 is 1.87 bits per heavy atom. The first kappa shape index (κ1) is 33.7. The number of nitrogens with zero attached hydrogens (tertiary/aromatic N) is 5. The highest BCUT2D eigenvalue weighted by molar-refractivity contribution is 6.33. The van der Waals surface area contributed by atoms with E-state index >= 15 is 4.39 Å². The predicted octanol–water partition coefficient (Wildman–Crippen LogP) is 4.92. The molecule has 0 bridgehead atoms. The highest BCUT2D eigenvalue weighted by Crippen LogP contribution is 2.45. The number of esters is 2. The van der Waals surface area contributed by atoms with Crippen LogP contribution < -0.4 is 10.5 Å². The van der Waals surface area contributed by atoms with Gasteiger partial charge in [0, 0.05) is 42.1 Å². The molecule has 0 aliphatic carbocycles. The Morgan fingerprint density at radius 3 is 2.49 bits per heavy atom. The Balaban J connectivity index is 1.64. The molecule has 0 radical (unpaired) electrons. The fourth-order valence-corrected chi connectivity index (χ4v) is 6.09. The number of aryl methyl sites for hydroxylation is 1. The Hall–Kier alpha value is -4.66. The van der Waals surface area contributed by atoms with Crippen LogP contribution in [0.3, 0.4) is 0 Å². The first-order valence-corrected chi connectivity index (χ1v) is 15.1. The molecule has 2 N–H and O–H groups in total. The van der Waals surface area contributed by atoms with Crippen LogP contribution in [-0.2, 0) is 30.3 Å². The molecule has 2 aromatic heterocycles. The molecule has 2 aromatic carbocycles. The lowest BCUT2D eigenvalue weighted by molar-refractivity contribution is -0.182. The number of benzene rings is 2. The summed E-state index contributed by atoms with van der Waals surface area (Å²) in [5.41, 5.74) is 7.53. The fourth-order valence-electron chi connectivity index (χ4n) is 5.72. The van der Waals surface area contributed by atoms with Crippen molar-refractivity contribution in [2.75, 3.05) is 13.1 Å². The largest absolute Gasteiger partial charge is 0.453 e. The van der Waals surface area contributed by atoms with Gasteiger partial charge in [-0.05, 0) is 38.5 Å². The van der Waals surface area contributed by atoms with E-state index in [1.807, 2.05) is 0 Å². The summed E-state index contributed by atoms with van der Waals surface area (Å²) in [6, 6.07) is 7.43. The number of pyridine rings is 1. The highest BCUT2D eigenvalue weighted by Gasteiger charge is 2.47. The molecule has 1 fully saturated rings. The quantitative estimate of drug-likeness (QED) is 0.231. The van der Waals surface area contributed by atoms with Gasteiger partial charge < -0.3 is 19.9 Å². The molecule has 0 spiro atoms. The van der Waals surface area contributed by atoms with Gasteiger partial charge in [-0.1, -0.05) is 30.7 Å².